The highest BCUT2D eigenvalue weighted by atomic mass is 16.5. The topological polar surface area (TPSA) is 80.3 Å². The van der Waals surface area contributed by atoms with E-state index < -0.39 is 0 Å². The molecule has 3 heterocycles. The molecular weight excluding hydrogens is 440 g/mol. The lowest BCUT2D eigenvalue weighted by atomic mass is 10.1. The minimum atomic E-state index is -0.0195. The Balaban J connectivity index is 1.46. The minimum Gasteiger partial charge on any atom is -0.490 e. The molecule has 0 radical (unpaired) electrons. The smallest absolute Gasteiger partial charge is 0.254 e. The Labute approximate surface area is 205 Å². The average Bonchev–Trinajstić information content (AvgIpc) is 3.31. The summed E-state index contributed by atoms with van der Waals surface area (Å²) in [4.78, 5) is 28.0. The van der Waals surface area contributed by atoms with Crippen molar-refractivity contribution in [3.63, 3.8) is 0 Å². The van der Waals surface area contributed by atoms with E-state index in [2.05, 4.69) is 28.8 Å². The molecule has 7 nitrogen and oxygen atoms in total. The zero-order valence-electron chi connectivity index (χ0n) is 20.2. The maximum absolute atomic E-state index is 13.7. The van der Waals surface area contributed by atoms with Gasteiger partial charge in [-0.2, -0.15) is 0 Å². The van der Waals surface area contributed by atoms with E-state index in [0.29, 0.717) is 48.6 Å². The van der Waals surface area contributed by atoms with Gasteiger partial charge in [-0.05, 0) is 55.7 Å². The number of aromatic nitrogens is 3. The first-order valence-corrected chi connectivity index (χ1v) is 12.2. The number of ether oxygens (including phenoxy) is 2. The van der Waals surface area contributed by atoms with Gasteiger partial charge in [0.2, 0.25) is 5.88 Å². The van der Waals surface area contributed by atoms with Crippen molar-refractivity contribution in [1.82, 2.24) is 19.9 Å². The van der Waals surface area contributed by atoms with E-state index in [4.69, 9.17) is 9.47 Å². The molecule has 5 rings (SSSR count). The van der Waals surface area contributed by atoms with Crippen LogP contribution in [0.3, 0.4) is 0 Å². The van der Waals surface area contributed by atoms with Crippen LogP contribution in [0.1, 0.15) is 60.8 Å². The molecule has 0 atom stereocenters. The fourth-order valence-electron chi connectivity index (χ4n) is 4.23. The Morgan fingerprint density at radius 2 is 1.89 bits per heavy atom. The van der Waals surface area contributed by atoms with Gasteiger partial charge >= 0.3 is 0 Å². The predicted octanol–water partition coefficient (Wildman–Crippen LogP) is 6.08. The largest absolute Gasteiger partial charge is 0.490 e. The molecular formula is C28H30N4O3. The van der Waals surface area contributed by atoms with Crippen LogP contribution in [-0.4, -0.2) is 38.9 Å². The second kappa shape index (κ2) is 10.2. The van der Waals surface area contributed by atoms with Gasteiger partial charge in [-0.3, -0.25) is 4.79 Å². The van der Waals surface area contributed by atoms with E-state index >= 15 is 0 Å². The number of hydrogen-bond acceptors (Lipinski definition) is 5. The lowest BCUT2D eigenvalue weighted by molar-refractivity contribution is 0.0739. The van der Waals surface area contributed by atoms with Crippen LogP contribution in [0.4, 0.5) is 0 Å². The number of benzene rings is 2. The van der Waals surface area contributed by atoms with Crippen molar-refractivity contribution in [2.24, 2.45) is 0 Å². The van der Waals surface area contributed by atoms with Crippen molar-refractivity contribution in [2.75, 3.05) is 13.2 Å². The third kappa shape index (κ3) is 5.14. The van der Waals surface area contributed by atoms with Crippen LogP contribution >= 0.6 is 0 Å². The molecule has 35 heavy (non-hydrogen) atoms. The van der Waals surface area contributed by atoms with Gasteiger partial charge in [-0.25, -0.2) is 9.97 Å². The van der Waals surface area contributed by atoms with Crippen molar-refractivity contribution in [1.29, 1.82) is 0 Å². The summed E-state index contributed by atoms with van der Waals surface area (Å²) in [6.45, 7) is 5.83. The third-order valence-corrected chi connectivity index (χ3v) is 6.18. The Morgan fingerprint density at radius 1 is 1.03 bits per heavy atom. The number of nitrogens with zero attached hydrogens (tertiary/aromatic N) is 3. The highest BCUT2D eigenvalue weighted by Gasteiger charge is 2.21. The average molecular weight is 471 g/mol. The van der Waals surface area contributed by atoms with Gasteiger partial charge < -0.3 is 19.4 Å². The van der Waals surface area contributed by atoms with Gasteiger partial charge in [-0.1, -0.05) is 32.0 Å². The number of carbonyl (C=O) groups is 1. The lowest BCUT2D eigenvalue weighted by Gasteiger charge is -2.24. The molecule has 1 aliphatic rings. The number of carbonyl (C=O) groups excluding carboxylic acids is 1. The Hall–Kier alpha value is -3.87. The van der Waals surface area contributed by atoms with Crippen LogP contribution < -0.4 is 9.47 Å². The van der Waals surface area contributed by atoms with Crippen LogP contribution in [0.15, 0.2) is 60.8 Å². The molecule has 7 heteroatoms. The number of hydrogen-bond donors (Lipinski definition) is 1. The maximum atomic E-state index is 13.7. The SMILES string of the molecule is CC(C)c1nc2ccc(C(=O)N3CCCCCOc4ccccc4Oc4ncccc4C3)cc2[nH]1. The number of para-hydroxylation sites is 2. The van der Waals surface area contributed by atoms with Gasteiger partial charge in [0, 0.05) is 29.8 Å². The maximum Gasteiger partial charge on any atom is 0.254 e. The van der Waals surface area contributed by atoms with Crippen LogP contribution in [0, 0.1) is 0 Å². The molecule has 0 unspecified atom stereocenters. The zero-order chi connectivity index (χ0) is 24.2. The summed E-state index contributed by atoms with van der Waals surface area (Å²) in [5, 5.41) is 0. The summed E-state index contributed by atoms with van der Waals surface area (Å²) < 4.78 is 12.2. The highest BCUT2D eigenvalue weighted by Crippen LogP contribution is 2.33. The fourth-order valence-corrected chi connectivity index (χ4v) is 4.23. The molecule has 0 saturated carbocycles. The summed E-state index contributed by atoms with van der Waals surface area (Å²) in [6, 6.07) is 17.1. The molecule has 0 aliphatic carbocycles. The van der Waals surface area contributed by atoms with E-state index in [1.807, 2.05) is 59.5 Å². The molecule has 1 N–H and O–H groups in total. The van der Waals surface area contributed by atoms with Gasteiger partial charge in [0.25, 0.3) is 5.91 Å². The fraction of sp³-hybridized carbons (Fsp3) is 0.321. The number of aromatic amines is 1. The molecule has 0 bridgehead atoms. The second-order valence-electron chi connectivity index (χ2n) is 9.16. The van der Waals surface area contributed by atoms with Gasteiger partial charge in [0.05, 0.1) is 24.2 Å². The Bertz CT molecular complexity index is 1330. The first-order valence-electron chi connectivity index (χ1n) is 12.2. The molecule has 1 aliphatic heterocycles. The number of amides is 1. The molecule has 1 amide bonds. The number of H-pyrrole nitrogens is 1. The minimum absolute atomic E-state index is 0.0195. The number of imidazole rings is 1. The van der Waals surface area contributed by atoms with Crippen LogP contribution in [0.5, 0.6) is 17.4 Å². The van der Waals surface area contributed by atoms with Crippen LogP contribution in [0.25, 0.3) is 11.0 Å². The van der Waals surface area contributed by atoms with E-state index in [-0.39, 0.29) is 5.91 Å². The first kappa shape index (κ1) is 22.9. The molecule has 2 aromatic carbocycles. The standard InChI is InChI=1S/C28H30N4O3/c1-19(2)26-30-22-13-12-20(17-23(22)31-26)28(33)32-15-6-3-7-16-34-24-10-4-5-11-25(24)35-27-21(18-32)9-8-14-29-27/h4-5,8-14,17,19H,3,6-7,15-16,18H2,1-2H3,(H,30,31). The van der Waals surface area contributed by atoms with Crippen molar-refractivity contribution < 1.29 is 14.3 Å². The summed E-state index contributed by atoms with van der Waals surface area (Å²) in [6.07, 6.45) is 4.45. The van der Waals surface area contributed by atoms with E-state index in [1.54, 1.807) is 6.20 Å². The quantitative estimate of drug-likeness (QED) is 0.384. The second-order valence-corrected chi connectivity index (χ2v) is 9.16. The monoisotopic (exact) mass is 470 g/mol. The lowest BCUT2D eigenvalue weighted by Crippen LogP contribution is -2.31. The third-order valence-electron chi connectivity index (χ3n) is 6.18. The van der Waals surface area contributed by atoms with E-state index in [1.165, 1.54) is 0 Å². The zero-order valence-corrected chi connectivity index (χ0v) is 20.2. The molecule has 0 saturated heterocycles. The highest BCUT2D eigenvalue weighted by molar-refractivity contribution is 5.97. The normalized spacial score (nSPS) is 14.7. The predicted molar refractivity (Wildman–Crippen MR) is 135 cm³/mol. The van der Waals surface area contributed by atoms with Gasteiger partial charge in [0.1, 0.15) is 5.82 Å². The van der Waals surface area contributed by atoms with E-state index in [0.717, 1.165) is 41.7 Å². The summed E-state index contributed by atoms with van der Waals surface area (Å²) in [5.74, 6) is 2.99. The number of rotatable bonds is 2. The van der Waals surface area contributed by atoms with Crippen molar-refractivity contribution in [2.45, 2.75) is 45.6 Å². The summed E-state index contributed by atoms with van der Waals surface area (Å²) in [7, 11) is 0. The van der Waals surface area contributed by atoms with Gasteiger partial charge in [0.15, 0.2) is 11.5 Å². The molecule has 0 fully saturated rings. The summed E-state index contributed by atoms with van der Waals surface area (Å²) in [5.41, 5.74) is 3.24. The van der Waals surface area contributed by atoms with Crippen molar-refractivity contribution in [3.8, 4) is 17.4 Å². The first-order chi connectivity index (χ1) is 17.1. The summed E-state index contributed by atoms with van der Waals surface area (Å²) >= 11 is 0. The number of pyridine rings is 1. The molecule has 4 aromatic rings. The van der Waals surface area contributed by atoms with Crippen molar-refractivity contribution >= 4 is 16.9 Å². The number of nitrogens with one attached hydrogen (secondary N) is 1. The molecule has 0 spiro atoms. The number of fused-ring (bicyclic) bond motifs is 3. The van der Waals surface area contributed by atoms with Crippen LogP contribution in [-0.2, 0) is 6.54 Å². The Kier molecular flexibility index (Phi) is 6.66. The van der Waals surface area contributed by atoms with Crippen LogP contribution in [0.2, 0.25) is 0 Å². The van der Waals surface area contributed by atoms with Gasteiger partial charge in [-0.15, -0.1) is 0 Å². The molecule has 2 aromatic heterocycles. The van der Waals surface area contributed by atoms with Crippen molar-refractivity contribution in [3.05, 3.63) is 77.7 Å². The van der Waals surface area contributed by atoms with E-state index in [9.17, 15) is 4.79 Å². The molecule has 180 valence electrons. The Morgan fingerprint density at radius 3 is 2.74 bits per heavy atom.